The monoisotopic (exact) mass is 171 g/mol. The van der Waals surface area contributed by atoms with Gasteiger partial charge in [0.15, 0.2) is 0 Å². The third kappa shape index (κ3) is 1.86. The summed E-state index contributed by atoms with van der Waals surface area (Å²) in [7, 11) is 0. The van der Waals surface area contributed by atoms with E-state index in [9.17, 15) is 0 Å². The van der Waals surface area contributed by atoms with Crippen LogP contribution in [0, 0.1) is 25.7 Å². The van der Waals surface area contributed by atoms with Crippen LogP contribution in [0.2, 0.25) is 0 Å². The molecule has 0 unspecified atom stereocenters. The van der Waals surface area contributed by atoms with E-state index in [2.05, 4.69) is 28.7 Å². The minimum Gasteiger partial charge on any atom is -0.226 e. The Morgan fingerprint density at radius 2 is 2.23 bits per heavy atom. The number of rotatable bonds is 1. The minimum atomic E-state index is 0.608. The third-order valence-corrected chi connectivity index (χ3v) is 2.07. The molecule has 1 aliphatic carbocycles. The summed E-state index contributed by atoms with van der Waals surface area (Å²) in [5, 5.41) is 0. The van der Waals surface area contributed by atoms with E-state index in [1.807, 2.05) is 13.0 Å². The highest BCUT2D eigenvalue weighted by atomic mass is 14.9. The molecule has 2 heteroatoms. The van der Waals surface area contributed by atoms with Gasteiger partial charge in [0.05, 0.1) is 0 Å². The maximum Gasteiger partial charge on any atom is 0.205 e. The van der Waals surface area contributed by atoms with Crippen LogP contribution in [0.1, 0.15) is 36.0 Å². The van der Waals surface area contributed by atoms with Crippen LogP contribution in [0.15, 0.2) is 6.07 Å². The molecule has 0 aromatic carbocycles. The maximum atomic E-state index is 4.36. The first-order valence-electron chi connectivity index (χ1n) is 4.43. The maximum absolute atomic E-state index is 4.36. The van der Waals surface area contributed by atoms with Crippen LogP contribution in [0.25, 0.3) is 0 Å². The molecule has 0 bridgehead atoms. The largest absolute Gasteiger partial charge is 0.226 e. The summed E-state index contributed by atoms with van der Waals surface area (Å²) in [5.41, 5.74) is 2.14. The van der Waals surface area contributed by atoms with Crippen molar-refractivity contribution in [2.24, 2.45) is 0 Å². The summed E-state index contributed by atoms with van der Waals surface area (Å²) in [6.07, 6.45) is 2.52. The fraction of sp³-hybridized carbons (Fsp3) is 0.364. The first-order chi connectivity index (χ1) is 6.29. The molecule has 65 valence electrons. The van der Waals surface area contributed by atoms with Crippen molar-refractivity contribution in [2.45, 2.75) is 25.7 Å². The minimum absolute atomic E-state index is 0.608. The standard InChI is InChI=1S/C11H11N2/c1-3-4-11-12-8(2)7-10(13-11)9-5-6-9/h7,9H,1,5-6H2,2H3. The van der Waals surface area contributed by atoms with Crippen LogP contribution in [0.3, 0.4) is 0 Å². The van der Waals surface area contributed by atoms with Crippen molar-refractivity contribution >= 4 is 0 Å². The van der Waals surface area contributed by atoms with Crippen LogP contribution in [-0.4, -0.2) is 9.97 Å². The SMILES string of the molecule is [CH2]C#Cc1nc(C)cc(C2CC2)n1. The molecule has 2 rings (SSSR count). The first-order valence-corrected chi connectivity index (χ1v) is 4.43. The average Bonchev–Trinajstić information content (AvgIpc) is 2.85. The predicted octanol–water partition coefficient (Wildman–Crippen LogP) is 1.85. The van der Waals surface area contributed by atoms with Gasteiger partial charge in [-0.2, -0.15) is 0 Å². The van der Waals surface area contributed by atoms with Gasteiger partial charge in [0.2, 0.25) is 5.82 Å². The van der Waals surface area contributed by atoms with E-state index >= 15 is 0 Å². The van der Waals surface area contributed by atoms with Crippen LogP contribution >= 0.6 is 0 Å². The van der Waals surface area contributed by atoms with Crippen LogP contribution in [-0.2, 0) is 0 Å². The summed E-state index contributed by atoms with van der Waals surface area (Å²) in [6, 6.07) is 2.05. The molecule has 0 saturated heterocycles. The number of hydrogen-bond acceptors (Lipinski definition) is 2. The average molecular weight is 171 g/mol. The second kappa shape index (κ2) is 3.18. The summed E-state index contributed by atoms with van der Waals surface area (Å²) >= 11 is 0. The molecule has 1 aromatic heterocycles. The first kappa shape index (κ1) is 8.25. The fourth-order valence-corrected chi connectivity index (χ4v) is 1.32. The van der Waals surface area contributed by atoms with E-state index in [0.717, 1.165) is 11.4 Å². The van der Waals surface area contributed by atoms with E-state index in [4.69, 9.17) is 0 Å². The van der Waals surface area contributed by atoms with Crippen molar-refractivity contribution in [3.8, 4) is 11.8 Å². The molecule has 1 fully saturated rings. The zero-order chi connectivity index (χ0) is 9.26. The Bertz CT molecular complexity index is 381. The Hall–Kier alpha value is -1.36. The molecule has 2 nitrogen and oxygen atoms in total. The topological polar surface area (TPSA) is 25.8 Å². The second-order valence-electron chi connectivity index (χ2n) is 3.33. The van der Waals surface area contributed by atoms with Gasteiger partial charge in [-0.05, 0) is 31.8 Å². The highest BCUT2D eigenvalue weighted by Crippen LogP contribution is 2.38. The number of nitrogens with zero attached hydrogens (tertiary/aromatic N) is 2. The summed E-state index contributed by atoms with van der Waals surface area (Å²) in [5.74, 6) is 6.63. The van der Waals surface area contributed by atoms with Gasteiger partial charge >= 0.3 is 0 Å². The van der Waals surface area contributed by atoms with Gasteiger partial charge < -0.3 is 0 Å². The lowest BCUT2D eigenvalue weighted by Gasteiger charge is -1.99. The number of aromatic nitrogens is 2. The van der Waals surface area contributed by atoms with E-state index in [1.165, 1.54) is 12.8 Å². The molecule has 1 heterocycles. The zero-order valence-corrected chi connectivity index (χ0v) is 7.67. The summed E-state index contributed by atoms with van der Waals surface area (Å²) in [4.78, 5) is 8.57. The Kier molecular flexibility index (Phi) is 2.02. The Morgan fingerprint density at radius 1 is 1.46 bits per heavy atom. The van der Waals surface area contributed by atoms with Gasteiger partial charge in [0.1, 0.15) is 0 Å². The molecule has 0 spiro atoms. The van der Waals surface area contributed by atoms with Crippen LogP contribution in [0.5, 0.6) is 0 Å². The second-order valence-corrected chi connectivity index (χ2v) is 3.33. The van der Waals surface area contributed by atoms with E-state index in [1.54, 1.807) is 0 Å². The quantitative estimate of drug-likeness (QED) is 0.602. The highest BCUT2D eigenvalue weighted by molar-refractivity contribution is 5.27. The lowest BCUT2D eigenvalue weighted by Crippen LogP contribution is -1.96. The highest BCUT2D eigenvalue weighted by Gasteiger charge is 2.25. The molecule has 1 saturated carbocycles. The smallest absolute Gasteiger partial charge is 0.205 e. The lowest BCUT2D eigenvalue weighted by atomic mass is 10.2. The lowest BCUT2D eigenvalue weighted by molar-refractivity contribution is 0.950. The van der Waals surface area contributed by atoms with Gasteiger partial charge in [0, 0.05) is 24.2 Å². The molecule has 1 radical (unpaired) electrons. The van der Waals surface area contributed by atoms with Gasteiger partial charge in [-0.1, -0.05) is 5.92 Å². The summed E-state index contributed by atoms with van der Waals surface area (Å²) < 4.78 is 0. The predicted molar refractivity (Wildman–Crippen MR) is 51.0 cm³/mol. The summed E-state index contributed by atoms with van der Waals surface area (Å²) in [6.45, 7) is 5.43. The molecule has 0 aliphatic heterocycles. The molecule has 0 N–H and O–H groups in total. The molecular formula is C11H11N2. The fourth-order valence-electron chi connectivity index (χ4n) is 1.32. The van der Waals surface area contributed by atoms with Crippen molar-refractivity contribution < 1.29 is 0 Å². The Balaban J connectivity index is 2.39. The van der Waals surface area contributed by atoms with Gasteiger partial charge in [-0.25, -0.2) is 9.97 Å². The molecule has 0 atom stereocenters. The zero-order valence-electron chi connectivity index (χ0n) is 7.67. The van der Waals surface area contributed by atoms with Crippen molar-refractivity contribution in [1.82, 2.24) is 9.97 Å². The number of aryl methyl sites for hydroxylation is 1. The van der Waals surface area contributed by atoms with Crippen LogP contribution < -0.4 is 0 Å². The molecule has 13 heavy (non-hydrogen) atoms. The molecule has 1 aromatic rings. The van der Waals surface area contributed by atoms with Crippen molar-refractivity contribution in [1.29, 1.82) is 0 Å². The van der Waals surface area contributed by atoms with E-state index in [0.29, 0.717) is 11.7 Å². The Morgan fingerprint density at radius 3 is 2.85 bits per heavy atom. The normalized spacial score (nSPS) is 14.9. The van der Waals surface area contributed by atoms with Crippen molar-refractivity contribution in [3.63, 3.8) is 0 Å². The molecule has 0 amide bonds. The van der Waals surface area contributed by atoms with Gasteiger partial charge in [-0.15, -0.1) is 0 Å². The van der Waals surface area contributed by atoms with Gasteiger partial charge in [0.25, 0.3) is 0 Å². The van der Waals surface area contributed by atoms with Crippen molar-refractivity contribution in [3.05, 3.63) is 30.2 Å². The van der Waals surface area contributed by atoms with E-state index in [-0.39, 0.29) is 0 Å². The molecular weight excluding hydrogens is 160 g/mol. The Labute approximate surface area is 78.4 Å². The molecule has 1 aliphatic rings. The third-order valence-electron chi connectivity index (χ3n) is 2.07. The van der Waals surface area contributed by atoms with E-state index < -0.39 is 0 Å². The van der Waals surface area contributed by atoms with Crippen molar-refractivity contribution in [2.75, 3.05) is 0 Å². The van der Waals surface area contributed by atoms with Gasteiger partial charge in [-0.3, -0.25) is 0 Å². The van der Waals surface area contributed by atoms with Crippen LogP contribution in [0.4, 0.5) is 0 Å². The number of hydrogen-bond donors (Lipinski definition) is 0.